The van der Waals surface area contributed by atoms with Crippen molar-refractivity contribution in [1.82, 2.24) is 5.32 Å². The Morgan fingerprint density at radius 3 is 2.58 bits per heavy atom. The Labute approximate surface area is 75.7 Å². The van der Waals surface area contributed by atoms with Crippen LogP contribution >= 0.6 is 0 Å². The fourth-order valence-corrected chi connectivity index (χ4v) is 1.57. The van der Waals surface area contributed by atoms with E-state index >= 15 is 0 Å². The van der Waals surface area contributed by atoms with Gasteiger partial charge < -0.3 is 10.1 Å². The standard InChI is InChI=1S/C10H21NO/c1-8(2)6-11-9-5-10(3,4)12-7-9/h8-9,11H,5-7H2,1-4H3. The molecule has 1 atom stereocenters. The van der Waals surface area contributed by atoms with Gasteiger partial charge in [-0.3, -0.25) is 0 Å². The molecule has 0 spiro atoms. The van der Waals surface area contributed by atoms with Gasteiger partial charge in [-0.05, 0) is 32.7 Å². The maximum absolute atomic E-state index is 5.62. The maximum Gasteiger partial charge on any atom is 0.0643 e. The van der Waals surface area contributed by atoms with E-state index in [0.29, 0.717) is 6.04 Å². The van der Waals surface area contributed by atoms with Crippen LogP contribution < -0.4 is 5.32 Å². The highest BCUT2D eigenvalue weighted by Crippen LogP contribution is 2.24. The van der Waals surface area contributed by atoms with Crippen LogP contribution in [-0.4, -0.2) is 24.8 Å². The summed E-state index contributed by atoms with van der Waals surface area (Å²) in [5, 5.41) is 3.51. The zero-order valence-electron chi connectivity index (χ0n) is 8.68. The minimum atomic E-state index is 0.0919. The molecular weight excluding hydrogens is 150 g/mol. The Hall–Kier alpha value is -0.0800. The average molecular weight is 171 g/mol. The van der Waals surface area contributed by atoms with E-state index in [2.05, 4.69) is 33.0 Å². The zero-order chi connectivity index (χ0) is 9.19. The molecule has 1 fully saturated rings. The van der Waals surface area contributed by atoms with Gasteiger partial charge in [0.2, 0.25) is 0 Å². The summed E-state index contributed by atoms with van der Waals surface area (Å²) in [4.78, 5) is 0. The molecule has 72 valence electrons. The monoisotopic (exact) mass is 171 g/mol. The minimum absolute atomic E-state index is 0.0919. The molecule has 1 aliphatic rings. The highest BCUT2D eigenvalue weighted by Gasteiger charge is 2.31. The van der Waals surface area contributed by atoms with Crippen molar-refractivity contribution in [2.24, 2.45) is 5.92 Å². The molecule has 0 radical (unpaired) electrons. The van der Waals surface area contributed by atoms with E-state index in [9.17, 15) is 0 Å². The summed E-state index contributed by atoms with van der Waals surface area (Å²) < 4.78 is 5.62. The van der Waals surface area contributed by atoms with Crippen molar-refractivity contribution in [3.05, 3.63) is 0 Å². The molecule has 0 aromatic heterocycles. The van der Waals surface area contributed by atoms with Gasteiger partial charge in [0, 0.05) is 6.04 Å². The molecule has 2 heteroatoms. The third-order valence-electron chi connectivity index (χ3n) is 2.23. The van der Waals surface area contributed by atoms with E-state index in [1.54, 1.807) is 0 Å². The summed E-state index contributed by atoms with van der Waals surface area (Å²) in [6, 6.07) is 0.572. The van der Waals surface area contributed by atoms with Crippen LogP contribution in [0.25, 0.3) is 0 Å². The molecule has 0 saturated carbocycles. The Morgan fingerprint density at radius 2 is 2.17 bits per heavy atom. The second-order valence-electron chi connectivity index (χ2n) is 4.77. The normalized spacial score (nSPS) is 28.2. The lowest BCUT2D eigenvalue weighted by molar-refractivity contribution is 0.0357. The fraction of sp³-hybridized carbons (Fsp3) is 1.00. The van der Waals surface area contributed by atoms with Crippen molar-refractivity contribution in [2.75, 3.05) is 13.2 Å². The van der Waals surface area contributed by atoms with Crippen molar-refractivity contribution >= 4 is 0 Å². The average Bonchev–Trinajstić information content (AvgIpc) is 2.26. The van der Waals surface area contributed by atoms with E-state index in [1.807, 2.05) is 0 Å². The Morgan fingerprint density at radius 1 is 1.50 bits per heavy atom. The molecule has 1 saturated heterocycles. The molecule has 0 amide bonds. The van der Waals surface area contributed by atoms with Crippen molar-refractivity contribution in [2.45, 2.75) is 45.8 Å². The topological polar surface area (TPSA) is 21.3 Å². The first-order valence-electron chi connectivity index (χ1n) is 4.87. The molecule has 1 heterocycles. The van der Waals surface area contributed by atoms with Gasteiger partial charge in [-0.2, -0.15) is 0 Å². The van der Waals surface area contributed by atoms with Gasteiger partial charge in [0.25, 0.3) is 0 Å². The van der Waals surface area contributed by atoms with Gasteiger partial charge in [-0.1, -0.05) is 13.8 Å². The summed E-state index contributed by atoms with van der Waals surface area (Å²) in [5.41, 5.74) is 0.0919. The third kappa shape index (κ3) is 3.11. The number of ether oxygens (including phenoxy) is 1. The van der Waals surface area contributed by atoms with Gasteiger partial charge in [0.15, 0.2) is 0 Å². The van der Waals surface area contributed by atoms with Crippen LogP contribution in [0.3, 0.4) is 0 Å². The second-order valence-corrected chi connectivity index (χ2v) is 4.77. The molecular formula is C10H21NO. The van der Waals surface area contributed by atoms with Crippen molar-refractivity contribution in [3.63, 3.8) is 0 Å². The zero-order valence-corrected chi connectivity index (χ0v) is 8.68. The Kier molecular flexibility index (Phi) is 3.13. The molecule has 0 aromatic rings. The molecule has 1 aliphatic heterocycles. The first-order valence-corrected chi connectivity index (χ1v) is 4.87. The van der Waals surface area contributed by atoms with Crippen LogP contribution in [0.15, 0.2) is 0 Å². The van der Waals surface area contributed by atoms with E-state index in [-0.39, 0.29) is 5.60 Å². The van der Waals surface area contributed by atoms with Crippen LogP contribution in [-0.2, 0) is 4.74 Å². The van der Waals surface area contributed by atoms with Crippen LogP contribution in [0, 0.1) is 5.92 Å². The Bertz CT molecular complexity index is 143. The first-order chi connectivity index (χ1) is 5.49. The molecule has 0 bridgehead atoms. The molecule has 0 aliphatic carbocycles. The lowest BCUT2D eigenvalue weighted by atomic mass is 10.0. The second kappa shape index (κ2) is 3.75. The van der Waals surface area contributed by atoms with Crippen LogP contribution in [0.5, 0.6) is 0 Å². The predicted molar refractivity (Wildman–Crippen MR) is 51.3 cm³/mol. The molecule has 2 nitrogen and oxygen atoms in total. The minimum Gasteiger partial charge on any atom is -0.374 e. The summed E-state index contributed by atoms with van der Waals surface area (Å²) in [6.45, 7) is 10.7. The smallest absolute Gasteiger partial charge is 0.0643 e. The highest BCUT2D eigenvalue weighted by molar-refractivity contribution is 4.85. The maximum atomic E-state index is 5.62. The van der Waals surface area contributed by atoms with E-state index in [1.165, 1.54) is 0 Å². The third-order valence-corrected chi connectivity index (χ3v) is 2.23. The van der Waals surface area contributed by atoms with Crippen molar-refractivity contribution in [1.29, 1.82) is 0 Å². The summed E-state index contributed by atoms with van der Waals surface area (Å²) in [7, 11) is 0. The van der Waals surface area contributed by atoms with Crippen LogP contribution in [0.4, 0.5) is 0 Å². The fourth-order valence-electron chi connectivity index (χ4n) is 1.57. The number of nitrogens with one attached hydrogen (secondary N) is 1. The highest BCUT2D eigenvalue weighted by atomic mass is 16.5. The van der Waals surface area contributed by atoms with Gasteiger partial charge >= 0.3 is 0 Å². The summed E-state index contributed by atoms with van der Waals surface area (Å²) in [6.07, 6.45) is 1.14. The first kappa shape index (κ1) is 10.0. The van der Waals surface area contributed by atoms with Gasteiger partial charge in [-0.15, -0.1) is 0 Å². The predicted octanol–water partition coefficient (Wildman–Crippen LogP) is 1.80. The van der Waals surface area contributed by atoms with Gasteiger partial charge in [0.05, 0.1) is 12.2 Å². The number of rotatable bonds is 3. The van der Waals surface area contributed by atoms with E-state index in [4.69, 9.17) is 4.74 Å². The summed E-state index contributed by atoms with van der Waals surface area (Å²) in [5.74, 6) is 0.730. The van der Waals surface area contributed by atoms with Crippen LogP contribution in [0.2, 0.25) is 0 Å². The van der Waals surface area contributed by atoms with E-state index in [0.717, 1.165) is 25.5 Å². The van der Waals surface area contributed by atoms with E-state index < -0.39 is 0 Å². The molecule has 1 unspecified atom stereocenters. The van der Waals surface area contributed by atoms with Crippen molar-refractivity contribution < 1.29 is 4.74 Å². The molecule has 0 aromatic carbocycles. The largest absolute Gasteiger partial charge is 0.374 e. The number of hydrogen-bond acceptors (Lipinski definition) is 2. The lowest BCUT2D eigenvalue weighted by Crippen LogP contribution is -2.33. The number of hydrogen-bond donors (Lipinski definition) is 1. The quantitative estimate of drug-likeness (QED) is 0.699. The van der Waals surface area contributed by atoms with Gasteiger partial charge in [-0.25, -0.2) is 0 Å². The van der Waals surface area contributed by atoms with Crippen molar-refractivity contribution in [3.8, 4) is 0 Å². The summed E-state index contributed by atoms with van der Waals surface area (Å²) >= 11 is 0. The van der Waals surface area contributed by atoms with Crippen LogP contribution in [0.1, 0.15) is 34.1 Å². The molecule has 1 rings (SSSR count). The SMILES string of the molecule is CC(C)CNC1COC(C)(C)C1. The lowest BCUT2D eigenvalue weighted by Gasteiger charge is -2.16. The Balaban J connectivity index is 2.20. The van der Waals surface area contributed by atoms with Gasteiger partial charge in [0.1, 0.15) is 0 Å². The molecule has 1 N–H and O–H groups in total. The molecule has 12 heavy (non-hydrogen) atoms.